The molecule has 0 aliphatic heterocycles. The van der Waals surface area contributed by atoms with Gasteiger partial charge in [-0.15, -0.1) is 0 Å². The van der Waals surface area contributed by atoms with Crippen LogP contribution in [0.15, 0.2) is 0 Å². The summed E-state index contributed by atoms with van der Waals surface area (Å²) in [5, 5.41) is -1.03. The van der Waals surface area contributed by atoms with Crippen molar-refractivity contribution in [2.45, 2.75) is 12.3 Å². The smallest absolute Gasteiger partial charge is 0.281 e. The van der Waals surface area contributed by atoms with Crippen molar-refractivity contribution in [1.29, 1.82) is 0 Å². The highest BCUT2D eigenvalue weighted by molar-refractivity contribution is 7.86. The van der Waals surface area contributed by atoms with E-state index >= 15 is 0 Å². The first kappa shape index (κ1) is 12.8. The lowest BCUT2D eigenvalue weighted by atomic mass is 10.6. The van der Waals surface area contributed by atoms with Gasteiger partial charge in [-0.25, -0.2) is 4.90 Å². The number of nitrogens with zero attached hydrogens (tertiary/aromatic N) is 1. The lowest BCUT2D eigenvalue weighted by molar-refractivity contribution is -0.0202. The van der Waals surface area contributed by atoms with Gasteiger partial charge in [0.2, 0.25) is 0 Å². The van der Waals surface area contributed by atoms with E-state index in [1.165, 1.54) is 26.0 Å². The second-order valence-electron chi connectivity index (χ2n) is 2.54. The lowest BCUT2D eigenvalue weighted by Gasteiger charge is -2.24. The summed E-state index contributed by atoms with van der Waals surface area (Å²) in [4.78, 5) is 1.33. The molecule has 0 aliphatic carbocycles. The first-order valence-electron chi connectivity index (χ1n) is 3.61. The van der Waals surface area contributed by atoms with E-state index in [4.69, 9.17) is 14.0 Å². The van der Waals surface area contributed by atoms with E-state index in [1.54, 1.807) is 0 Å². The van der Waals surface area contributed by atoms with Crippen LogP contribution in [0, 0.1) is 0 Å². The Kier molecular flexibility index (Phi) is 5.42. The molecule has 6 nitrogen and oxygen atoms in total. The molecule has 80 valence electrons. The maximum atomic E-state index is 10.7. The Hall–Kier alpha value is -0.210. The van der Waals surface area contributed by atoms with E-state index in [0.29, 0.717) is 0 Å². The van der Waals surface area contributed by atoms with Crippen LogP contribution in [0.5, 0.6) is 0 Å². The summed E-state index contributed by atoms with van der Waals surface area (Å²) in [5.41, 5.74) is 0. The molecule has 7 heteroatoms. The molecule has 0 amide bonds. The molecule has 0 fully saturated rings. The van der Waals surface area contributed by atoms with Crippen molar-refractivity contribution in [1.82, 2.24) is 4.90 Å². The summed E-state index contributed by atoms with van der Waals surface area (Å²) in [6, 6.07) is 0. The van der Waals surface area contributed by atoms with Crippen LogP contribution in [0.2, 0.25) is 0 Å². The quantitative estimate of drug-likeness (QED) is 0.483. The van der Waals surface area contributed by atoms with Crippen molar-refractivity contribution in [3.8, 4) is 0 Å². The van der Waals surface area contributed by atoms with Gasteiger partial charge in [-0.2, -0.15) is 8.42 Å². The van der Waals surface area contributed by atoms with E-state index in [-0.39, 0.29) is 13.5 Å². The molecule has 0 rings (SSSR count). The molecule has 0 aromatic heterocycles. The Morgan fingerprint density at radius 1 is 1.31 bits per heavy atom. The number of methoxy groups -OCH3 is 2. The van der Waals surface area contributed by atoms with E-state index in [2.05, 4.69) is 0 Å². The Bertz CT molecular complexity index is 221. The number of hydrogen-bond donors (Lipinski definition) is 1. The van der Waals surface area contributed by atoms with Gasteiger partial charge in [-0.3, -0.25) is 4.55 Å². The largest absolute Gasteiger partial charge is 0.369 e. The van der Waals surface area contributed by atoms with Gasteiger partial charge in [-0.1, -0.05) is 0 Å². The van der Waals surface area contributed by atoms with E-state index in [0.717, 1.165) is 0 Å². The van der Waals surface area contributed by atoms with Crippen molar-refractivity contribution in [3.05, 3.63) is 0 Å². The first-order chi connectivity index (χ1) is 5.93. The highest BCUT2D eigenvalue weighted by Crippen LogP contribution is 2.05. The zero-order valence-corrected chi connectivity index (χ0v) is 8.74. The van der Waals surface area contributed by atoms with Gasteiger partial charge in [-0.05, 0) is 6.92 Å². The molecule has 0 aromatic rings. The second-order valence-corrected chi connectivity index (χ2v) is 4.25. The average molecular weight is 213 g/mol. The maximum Gasteiger partial charge on any atom is 0.281 e. The minimum Gasteiger partial charge on any atom is -0.369 e. The molecule has 0 saturated heterocycles. The number of ether oxygens (including phenoxy) is 2. The minimum absolute atomic E-state index is 0.0782. The van der Waals surface area contributed by atoms with E-state index in [1.807, 2.05) is 0 Å². The predicted octanol–water partition coefficient (Wildman–Crippen LogP) is -0.270. The monoisotopic (exact) mass is 213 g/mol. The van der Waals surface area contributed by atoms with Crippen LogP contribution >= 0.6 is 0 Å². The maximum absolute atomic E-state index is 10.7. The fraction of sp³-hybridized carbons (Fsp3) is 1.00. The van der Waals surface area contributed by atoms with Crippen LogP contribution in [0.25, 0.3) is 0 Å². The summed E-state index contributed by atoms with van der Waals surface area (Å²) in [5.74, 6) is 0. The third-order valence-electron chi connectivity index (χ3n) is 1.54. The Balaban J connectivity index is 4.36. The van der Waals surface area contributed by atoms with Gasteiger partial charge >= 0.3 is 0 Å². The summed E-state index contributed by atoms with van der Waals surface area (Å²) in [6.45, 7) is 1.51. The van der Waals surface area contributed by atoms with Crippen LogP contribution in [0.1, 0.15) is 6.92 Å². The molecule has 0 heterocycles. The highest BCUT2D eigenvalue weighted by atomic mass is 32.2. The number of rotatable bonds is 6. The molecular weight excluding hydrogens is 198 g/mol. The molecule has 0 aliphatic rings. The molecule has 13 heavy (non-hydrogen) atoms. The van der Waals surface area contributed by atoms with Crippen molar-refractivity contribution >= 4 is 10.1 Å². The third kappa shape index (κ3) is 4.53. The fourth-order valence-corrected chi connectivity index (χ4v) is 1.27. The van der Waals surface area contributed by atoms with Gasteiger partial charge in [0.15, 0.2) is 0 Å². The molecule has 0 spiro atoms. The van der Waals surface area contributed by atoms with Gasteiger partial charge < -0.3 is 9.47 Å². The Morgan fingerprint density at radius 2 is 1.69 bits per heavy atom. The molecule has 0 radical (unpaired) electrons. The summed E-state index contributed by atoms with van der Waals surface area (Å²) >= 11 is 0. The van der Waals surface area contributed by atoms with Crippen molar-refractivity contribution in [2.75, 3.05) is 27.7 Å². The molecule has 1 unspecified atom stereocenters. The van der Waals surface area contributed by atoms with Crippen LogP contribution in [0.4, 0.5) is 0 Å². The molecule has 0 saturated carbocycles. The molecule has 0 aromatic carbocycles. The minimum atomic E-state index is -4.08. The predicted molar refractivity (Wildman–Crippen MR) is 46.6 cm³/mol. The normalized spacial score (nSPS) is 14.8. The van der Waals surface area contributed by atoms with Crippen molar-refractivity contribution in [2.24, 2.45) is 0 Å². The summed E-state index contributed by atoms with van der Waals surface area (Å²) in [7, 11) is -1.22. The standard InChI is InChI=1S/C6H15NO5S/c1-6(13(8,9)10)7(4-11-2)5-12-3/h6H,4-5H2,1-3H3,(H,8,9,10). The second kappa shape index (κ2) is 5.51. The zero-order valence-electron chi connectivity index (χ0n) is 7.93. The Morgan fingerprint density at radius 3 is 1.92 bits per heavy atom. The van der Waals surface area contributed by atoms with Crippen LogP contribution < -0.4 is 0 Å². The van der Waals surface area contributed by atoms with Gasteiger partial charge in [0, 0.05) is 14.2 Å². The van der Waals surface area contributed by atoms with E-state index < -0.39 is 15.5 Å². The molecular formula is C6H15NO5S. The van der Waals surface area contributed by atoms with Crippen LogP contribution in [-0.2, 0) is 19.6 Å². The van der Waals surface area contributed by atoms with Crippen LogP contribution in [-0.4, -0.2) is 50.9 Å². The summed E-state index contributed by atoms with van der Waals surface area (Å²) in [6.07, 6.45) is 0. The topological polar surface area (TPSA) is 76.1 Å². The van der Waals surface area contributed by atoms with Gasteiger partial charge in [0.1, 0.15) is 18.8 Å². The van der Waals surface area contributed by atoms with Gasteiger partial charge in [0.05, 0.1) is 0 Å². The zero-order chi connectivity index (χ0) is 10.5. The van der Waals surface area contributed by atoms with Crippen molar-refractivity contribution < 1.29 is 22.4 Å². The molecule has 1 N–H and O–H groups in total. The molecule has 0 bridgehead atoms. The summed E-state index contributed by atoms with van der Waals surface area (Å²) < 4.78 is 39.7. The first-order valence-corrected chi connectivity index (χ1v) is 5.12. The van der Waals surface area contributed by atoms with Crippen molar-refractivity contribution in [3.63, 3.8) is 0 Å². The average Bonchev–Trinajstić information content (AvgIpc) is 2.01. The van der Waals surface area contributed by atoms with Gasteiger partial charge in [0.25, 0.3) is 10.1 Å². The molecule has 1 atom stereocenters. The highest BCUT2D eigenvalue weighted by Gasteiger charge is 2.24. The van der Waals surface area contributed by atoms with E-state index in [9.17, 15) is 8.42 Å². The number of hydrogen-bond acceptors (Lipinski definition) is 5. The Labute approximate surface area is 78.2 Å². The third-order valence-corrected chi connectivity index (χ3v) is 2.70. The fourth-order valence-electron chi connectivity index (χ4n) is 0.767. The lowest BCUT2D eigenvalue weighted by Crippen LogP contribution is -2.41. The SMILES string of the molecule is COCN(COC)C(C)S(=O)(=O)O. The van der Waals surface area contributed by atoms with Crippen LogP contribution in [0.3, 0.4) is 0 Å².